The van der Waals surface area contributed by atoms with Gasteiger partial charge >= 0.3 is 0 Å². The molecule has 12 aromatic rings. The zero-order valence-corrected chi connectivity index (χ0v) is 37.3. The van der Waals surface area contributed by atoms with Gasteiger partial charge in [-0.05, 0) is 147 Å². The molecule has 1 nitrogen and oxygen atoms in total. The maximum atomic E-state index is 2.56. The topological polar surface area (TPSA) is 3.24 Å². The summed E-state index contributed by atoms with van der Waals surface area (Å²) in [6.07, 6.45) is 0. The fraction of sp³-hybridized carbons (Fsp3) is 0.0149. The number of benzene rings is 12. The van der Waals surface area contributed by atoms with E-state index in [1.54, 1.807) is 0 Å². The zero-order chi connectivity index (χ0) is 44.8. The SMILES string of the molecule is c1ccc(-c2ccc(-c3ccc(N(c4ccc5c(c4)C4(c6ccccc6-5)c5ccccc5-c5cc6c7ccccc7c7ccccc7c6cc54)c4ccccc4-c4ccccc4)cc3)cc2)cc1. The largest absolute Gasteiger partial charge is 0.310 e. The first kappa shape index (κ1) is 38.5. The van der Waals surface area contributed by atoms with Gasteiger partial charge in [0.2, 0.25) is 0 Å². The summed E-state index contributed by atoms with van der Waals surface area (Å²) in [6.45, 7) is 0. The highest BCUT2D eigenvalue weighted by Crippen LogP contribution is 2.64. The molecule has 0 amide bonds. The normalized spacial score (nSPS) is 14.2. The van der Waals surface area contributed by atoms with Crippen LogP contribution in [0.2, 0.25) is 0 Å². The van der Waals surface area contributed by atoms with Crippen LogP contribution < -0.4 is 4.90 Å². The minimum absolute atomic E-state index is 0.546. The Labute approximate surface area is 396 Å². The second-order valence-corrected chi connectivity index (χ2v) is 18.3. The molecule has 12 aromatic carbocycles. The Bertz CT molecular complexity index is 3940. The number of fused-ring (bicyclic) bond motifs is 16. The smallest absolute Gasteiger partial charge is 0.0726 e. The lowest BCUT2D eigenvalue weighted by molar-refractivity contribution is 0.795. The summed E-state index contributed by atoms with van der Waals surface area (Å²) >= 11 is 0. The molecule has 1 atom stereocenters. The van der Waals surface area contributed by atoms with Gasteiger partial charge in [0.05, 0.1) is 11.1 Å². The lowest BCUT2D eigenvalue weighted by Crippen LogP contribution is -2.26. The summed E-state index contributed by atoms with van der Waals surface area (Å²) in [5, 5.41) is 7.75. The van der Waals surface area contributed by atoms with E-state index < -0.39 is 5.41 Å². The average Bonchev–Trinajstić information content (AvgIpc) is 3.88. The molecule has 0 bridgehead atoms. The Hall–Kier alpha value is -8.78. The van der Waals surface area contributed by atoms with Crippen molar-refractivity contribution in [3.05, 3.63) is 283 Å². The molecule has 1 spiro atoms. The summed E-state index contributed by atoms with van der Waals surface area (Å²) in [5.41, 5.74) is 20.4. The summed E-state index contributed by atoms with van der Waals surface area (Å²) < 4.78 is 0. The van der Waals surface area contributed by atoms with E-state index >= 15 is 0 Å². The molecule has 2 aliphatic carbocycles. The van der Waals surface area contributed by atoms with E-state index in [2.05, 4.69) is 266 Å². The van der Waals surface area contributed by atoms with Crippen LogP contribution in [0.1, 0.15) is 22.3 Å². The molecule has 68 heavy (non-hydrogen) atoms. The second-order valence-electron chi connectivity index (χ2n) is 18.3. The molecule has 1 heteroatoms. The average molecular weight is 862 g/mol. The Morgan fingerprint density at radius 2 is 0.618 bits per heavy atom. The number of hydrogen-bond acceptors (Lipinski definition) is 1. The fourth-order valence-electron chi connectivity index (χ4n) is 11.9. The third kappa shape index (κ3) is 5.63. The first-order valence-electron chi connectivity index (χ1n) is 23.7. The van der Waals surface area contributed by atoms with Crippen molar-refractivity contribution in [2.45, 2.75) is 5.41 Å². The highest BCUT2D eigenvalue weighted by molar-refractivity contribution is 6.26. The van der Waals surface area contributed by atoms with Gasteiger partial charge in [0.15, 0.2) is 0 Å². The van der Waals surface area contributed by atoms with Crippen molar-refractivity contribution in [3.63, 3.8) is 0 Å². The van der Waals surface area contributed by atoms with Crippen molar-refractivity contribution >= 4 is 49.4 Å². The summed E-state index contributed by atoms with van der Waals surface area (Å²) in [6, 6.07) is 96.9. The molecule has 0 N–H and O–H groups in total. The predicted octanol–water partition coefficient (Wildman–Crippen LogP) is 18.0. The molecule has 316 valence electrons. The summed E-state index contributed by atoms with van der Waals surface area (Å²) in [5.74, 6) is 0. The van der Waals surface area contributed by atoms with E-state index in [1.807, 2.05) is 0 Å². The lowest BCUT2D eigenvalue weighted by Gasteiger charge is -2.33. The molecule has 0 aromatic heterocycles. The van der Waals surface area contributed by atoms with Crippen molar-refractivity contribution in [1.29, 1.82) is 0 Å². The molecule has 0 fully saturated rings. The van der Waals surface area contributed by atoms with E-state index in [0.717, 1.165) is 17.1 Å². The van der Waals surface area contributed by atoms with Crippen LogP contribution in [-0.2, 0) is 5.41 Å². The first-order chi connectivity index (χ1) is 33.7. The Balaban J connectivity index is 1.000. The molecular formula is C67H43N. The predicted molar refractivity (Wildman–Crippen MR) is 286 cm³/mol. The standard InChI is InChI=1S/C67H43N/c1-3-17-44(18-4-1)45-31-33-46(34-32-45)47-35-37-49(38-36-47)68(66-30-16-13-21-51(66)48-19-5-2-6-20-48)50-39-40-58-56-26-11-14-28-62(56)67(64(58)41-50)63-29-15-12-27-57(63)61-42-59-54-24-9-7-22-52(54)53-23-8-10-25-55(53)60(59)43-65(61)67/h1-43H. The van der Waals surface area contributed by atoms with Gasteiger partial charge in [-0.1, -0.05) is 218 Å². The first-order valence-corrected chi connectivity index (χ1v) is 23.7. The van der Waals surface area contributed by atoms with Crippen molar-refractivity contribution in [2.24, 2.45) is 0 Å². The lowest BCUT2D eigenvalue weighted by atomic mass is 9.70. The molecule has 0 aliphatic heterocycles. The third-order valence-electron chi connectivity index (χ3n) is 14.9. The molecule has 0 heterocycles. The van der Waals surface area contributed by atoms with Crippen LogP contribution in [0.5, 0.6) is 0 Å². The highest BCUT2D eigenvalue weighted by Gasteiger charge is 2.52. The quantitative estimate of drug-likeness (QED) is 0.151. The van der Waals surface area contributed by atoms with Crippen molar-refractivity contribution < 1.29 is 0 Å². The fourth-order valence-corrected chi connectivity index (χ4v) is 11.9. The Morgan fingerprint density at radius 3 is 1.22 bits per heavy atom. The second kappa shape index (κ2) is 15.1. The molecular weight excluding hydrogens is 819 g/mol. The minimum Gasteiger partial charge on any atom is -0.310 e. The van der Waals surface area contributed by atoms with Gasteiger partial charge in [-0.25, -0.2) is 0 Å². The van der Waals surface area contributed by atoms with Crippen LogP contribution in [0.15, 0.2) is 261 Å². The molecule has 14 rings (SSSR count). The molecule has 1 unspecified atom stereocenters. The van der Waals surface area contributed by atoms with Crippen LogP contribution in [0.4, 0.5) is 17.1 Å². The number of rotatable bonds is 6. The van der Waals surface area contributed by atoms with Crippen LogP contribution in [-0.4, -0.2) is 0 Å². The highest BCUT2D eigenvalue weighted by atomic mass is 15.1. The van der Waals surface area contributed by atoms with E-state index in [-0.39, 0.29) is 0 Å². The number of hydrogen-bond donors (Lipinski definition) is 0. The van der Waals surface area contributed by atoms with Gasteiger partial charge in [0, 0.05) is 16.9 Å². The van der Waals surface area contributed by atoms with Gasteiger partial charge < -0.3 is 4.90 Å². The number of nitrogens with zero attached hydrogens (tertiary/aromatic N) is 1. The molecule has 0 saturated carbocycles. The van der Waals surface area contributed by atoms with Crippen molar-refractivity contribution in [2.75, 3.05) is 4.90 Å². The maximum Gasteiger partial charge on any atom is 0.0726 e. The van der Waals surface area contributed by atoms with Crippen molar-refractivity contribution in [1.82, 2.24) is 0 Å². The van der Waals surface area contributed by atoms with Crippen LogP contribution in [0.3, 0.4) is 0 Å². The van der Waals surface area contributed by atoms with E-state index in [0.29, 0.717) is 0 Å². The van der Waals surface area contributed by atoms with Crippen LogP contribution in [0, 0.1) is 0 Å². The van der Waals surface area contributed by atoms with E-state index in [4.69, 9.17) is 0 Å². The third-order valence-corrected chi connectivity index (χ3v) is 14.9. The molecule has 2 aliphatic rings. The van der Waals surface area contributed by atoms with Gasteiger partial charge in [0.1, 0.15) is 0 Å². The van der Waals surface area contributed by atoms with Gasteiger partial charge in [0.25, 0.3) is 0 Å². The maximum absolute atomic E-state index is 2.56. The van der Waals surface area contributed by atoms with E-state index in [1.165, 1.54) is 110 Å². The van der Waals surface area contributed by atoms with Crippen molar-refractivity contribution in [3.8, 4) is 55.6 Å². The number of para-hydroxylation sites is 1. The number of anilines is 3. The van der Waals surface area contributed by atoms with E-state index in [9.17, 15) is 0 Å². The Kier molecular flexibility index (Phi) is 8.57. The van der Waals surface area contributed by atoms with Gasteiger partial charge in [-0.15, -0.1) is 0 Å². The molecule has 0 radical (unpaired) electrons. The van der Waals surface area contributed by atoms with Gasteiger partial charge in [-0.2, -0.15) is 0 Å². The van der Waals surface area contributed by atoms with Crippen LogP contribution >= 0.6 is 0 Å². The minimum atomic E-state index is -0.546. The summed E-state index contributed by atoms with van der Waals surface area (Å²) in [4.78, 5) is 2.48. The van der Waals surface area contributed by atoms with Gasteiger partial charge in [-0.3, -0.25) is 0 Å². The zero-order valence-electron chi connectivity index (χ0n) is 37.3. The summed E-state index contributed by atoms with van der Waals surface area (Å²) in [7, 11) is 0. The Morgan fingerprint density at radius 1 is 0.221 bits per heavy atom. The van der Waals surface area contributed by atoms with Crippen LogP contribution in [0.25, 0.3) is 88.0 Å². The monoisotopic (exact) mass is 861 g/mol. The molecule has 0 saturated heterocycles.